The summed E-state index contributed by atoms with van der Waals surface area (Å²) in [5.41, 5.74) is -1.35. The van der Waals surface area contributed by atoms with Gasteiger partial charge in [0.05, 0.1) is 25.2 Å². The summed E-state index contributed by atoms with van der Waals surface area (Å²) in [4.78, 5) is 10.0. The van der Waals surface area contributed by atoms with Crippen LogP contribution in [0, 0.1) is 5.41 Å². The molecule has 0 fully saturated rings. The molecule has 4 nitrogen and oxygen atoms in total. The summed E-state index contributed by atoms with van der Waals surface area (Å²) in [6.07, 6.45) is 0.354. The molecular formula is C5H10O4. The fraction of sp³-hybridized carbons (Fsp3) is 0.800. The van der Waals surface area contributed by atoms with E-state index < -0.39 is 25.2 Å². The van der Waals surface area contributed by atoms with Gasteiger partial charge in [-0.05, 0) is 0 Å². The molecule has 54 valence electrons. The van der Waals surface area contributed by atoms with Gasteiger partial charge in [-0.2, -0.15) is 0 Å². The van der Waals surface area contributed by atoms with Crippen LogP contribution in [0.25, 0.3) is 0 Å². The molecule has 9 heavy (non-hydrogen) atoms. The highest BCUT2D eigenvalue weighted by atomic mass is 16.3. The molecular weight excluding hydrogens is 124 g/mol. The molecule has 0 aromatic heterocycles. The Kier molecular flexibility index (Phi) is 3.37. The summed E-state index contributed by atoms with van der Waals surface area (Å²) >= 11 is 0. The number of hydrogen-bond acceptors (Lipinski definition) is 4. The quantitative estimate of drug-likeness (QED) is 0.394. The Morgan fingerprint density at radius 3 is 1.44 bits per heavy atom. The molecule has 0 aliphatic rings. The molecule has 3 N–H and O–H groups in total. The monoisotopic (exact) mass is 134 g/mol. The number of rotatable bonds is 4. The SMILES string of the molecule is O=CC(CO)(CO)CO. The van der Waals surface area contributed by atoms with Crippen LogP contribution in [0.1, 0.15) is 0 Å². The van der Waals surface area contributed by atoms with Gasteiger partial charge in [0.1, 0.15) is 6.29 Å². The molecule has 0 rings (SSSR count). The summed E-state index contributed by atoms with van der Waals surface area (Å²) in [5.74, 6) is 0. The van der Waals surface area contributed by atoms with Gasteiger partial charge in [0, 0.05) is 0 Å². The fourth-order valence-corrected chi connectivity index (χ4v) is 0.262. The van der Waals surface area contributed by atoms with Gasteiger partial charge in [-0.25, -0.2) is 0 Å². The number of hydrogen-bond donors (Lipinski definition) is 3. The first-order valence-electron chi connectivity index (χ1n) is 2.53. The van der Waals surface area contributed by atoms with Gasteiger partial charge in [0.15, 0.2) is 0 Å². The Bertz CT molecular complexity index is 78.7. The summed E-state index contributed by atoms with van der Waals surface area (Å²) in [6.45, 7) is -1.57. The lowest BCUT2D eigenvalue weighted by Crippen LogP contribution is -2.35. The van der Waals surface area contributed by atoms with Crippen LogP contribution in [0.15, 0.2) is 0 Å². The molecule has 0 aliphatic carbocycles. The normalized spacial score (nSPS) is 11.4. The van der Waals surface area contributed by atoms with E-state index in [9.17, 15) is 4.79 Å². The van der Waals surface area contributed by atoms with Crippen LogP contribution < -0.4 is 0 Å². The van der Waals surface area contributed by atoms with Gasteiger partial charge < -0.3 is 20.1 Å². The number of aldehydes is 1. The molecule has 0 aromatic rings. The minimum absolute atomic E-state index is 0.354. The smallest absolute Gasteiger partial charge is 0.133 e. The van der Waals surface area contributed by atoms with Crippen LogP contribution in [0.2, 0.25) is 0 Å². The first-order valence-corrected chi connectivity index (χ1v) is 2.53. The van der Waals surface area contributed by atoms with Crippen molar-refractivity contribution in [2.75, 3.05) is 19.8 Å². The van der Waals surface area contributed by atoms with Crippen LogP contribution >= 0.6 is 0 Å². The second-order valence-corrected chi connectivity index (χ2v) is 1.95. The Hall–Kier alpha value is -0.450. The Morgan fingerprint density at radius 2 is 1.44 bits per heavy atom. The fourth-order valence-electron chi connectivity index (χ4n) is 0.262. The highest BCUT2D eigenvalue weighted by molar-refractivity contribution is 5.59. The molecule has 0 radical (unpaired) electrons. The molecule has 0 aromatic carbocycles. The molecule has 0 saturated carbocycles. The molecule has 0 spiro atoms. The zero-order valence-electron chi connectivity index (χ0n) is 4.95. The molecule has 0 amide bonds. The molecule has 0 aliphatic heterocycles. The van der Waals surface area contributed by atoms with Gasteiger partial charge in [-0.3, -0.25) is 0 Å². The van der Waals surface area contributed by atoms with Crippen molar-refractivity contribution in [3.63, 3.8) is 0 Å². The van der Waals surface area contributed by atoms with E-state index in [1.54, 1.807) is 0 Å². The van der Waals surface area contributed by atoms with Crippen molar-refractivity contribution in [2.45, 2.75) is 0 Å². The average molecular weight is 134 g/mol. The zero-order valence-corrected chi connectivity index (χ0v) is 4.95. The maximum atomic E-state index is 10.0. The van der Waals surface area contributed by atoms with Crippen LogP contribution in [-0.4, -0.2) is 41.4 Å². The van der Waals surface area contributed by atoms with Crippen LogP contribution in [0.4, 0.5) is 0 Å². The largest absolute Gasteiger partial charge is 0.395 e. The summed E-state index contributed by atoms with van der Waals surface area (Å²) < 4.78 is 0. The van der Waals surface area contributed by atoms with Crippen LogP contribution in [-0.2, 0) is 4.79 Å². The third kappa shape index (κ3) is 1.74. The van der Waals surface area contributed by atoms with Crippen molar-refractivity contribution < 1.29 is 20.1 Å². The van der Waals surface area contributed by atoms with Gasteiger partial charge in [0.25, 0.3) is 0 Å². The van der Waals surface area contributed by atoms with E-state index in [1.165, 1.54) is 0 Å². The topological polar surface area (TPSA) is 77.8 Å². The van der Waals surface area contributed by atoms with E-state index in [0.29, 0.717) is 6.29 Å². The van der Waals surface area contributed by atoms with Gasteiger partial charge in [-0.15, -0.1) is 0 Å². The van der Waals surface area contributed by atoms with Crippen molar-refractivity contribution >= 4 is 6.29 Å². The van der Waals surface area contributed by atoms with Crippen molar-refractivity contribution in [3.05, 3.63) is 0 Å². The van der Waals surface area contributed by atoms with Gasteiger partial charge in [-0.1, -0.05) is 0 Å². The third-order valence-corrected chi connectivity index (χ3v) is 1.19. The van der Waals surface area contributed by atoms with E-state index >= 15 is 0 Å². The minimum atomic E-state index is -1.35. The van der Waals surface area contributed by atoms with Crippen LogP contribution in [0.5, 0.6) is 0 Å². The maximum absolute atomic E-state index is 10.0. The van der Waals surface area contributed by atoms with E-state index in [2.05, 4.69) is 0 Å². The Labute approximate surface area is 52.7 Å². The predicted molar refractivity (Wildman–Crippen MR) is 29.8 cm³/mol. The number of aliphatic hydroxyl groups excluding tert-OH is 3. The summed E-state index contributed by atoms with van der Waals surface area (Å²) in [5, 5.41) is 25.3. The number of carbonyl (C=O) groups is 1. The maximum Gasteiger partial charge on any atom is 0.133 e. The third-order valence-electron chi connectivity index (χ3n) is 1.19. The highest BCUT2D eigenvalue weighted by Gasteiger charge is 2.26. The van der Waals surface area contributed by atoms with E-state index in [1.807, 2.05) is 0 Å². The first-order chi connectivity index (χ1) is 4.24. The second kappa shape index (κ2) is 3.55. The van der Waals surface area contributed by atoms with Crippen molar-refractivity contribution in [3.8, 4) is 0 Å². The van der Waals surface area contributed by atoms with Crippen molar-refractivity contribution in [1.82, 2.24) is 0 Å². The number of aliphatic hydroxyl groups is 3. The summed E-state index contributed by atoms with van der Waals surface area (Å²) in [6, 6.07) is 0. The summed E-state index contributed by atoms with van der Waals surface area (Å²) in [7, 11) is 0. The molecule has 0 heterocycles. The van der Waals surface area contributed by atoms with Crippen LogP contribution in [0.3, 0.4) is 0 Å². The molecule has 0 unspecified atom stereocenters. The molecule has 0 bridgehead atoms. The van der Waals surface area contributed by atoms with E-state index in [-0.39, 0.29) is 0 Å². The highest BCUT2D eigenvalue weighted by Crippen LogP contribution is 2.08. The Balaban J connectivity index is 3.98. The molecule has 4 heteroatoms. The van der Waals surface area contributed by atoms with Crippen molar-refractivity contribution in [1.29, 1.82) is 0 Å². The lowest BCUT2D eigenvalue weighted by atomic mass is 9.94. The minimum Gasteiger partial charge on any atom is -0.395 e. The predicted octanol–water partition coefficient (Wildman–Crippen LogP) is -1.85. The van der Waals surface area contributed by atoms with E-state index in [0.717, 1.165) is 0 Å². The first kappa shape index (κ1) is 8.55. The standard InChI is InChI=1S/C5H10O4/c6-1-5(2-7,3-8)4-9/h1,7-9H,2-4H2. The lowest BCUT2D eigenvalue weighted by molar-refractivity contribution is -0.124. The zero-order chi connectivity index (χ0) is 7.33. The molecule has 0 atom stereocenters. The molecule has 0 saturated heterocycles. The average Bonchev–Trinajstić information content (AvgIpc) is 1.95. The van der Waals surface area contributed by atoms with E-state index in [4.69, 9.17) is 15.3 Å². The number of carbonyl (C=O) groups excluding carboxylic acids is 1. The lowest BCUT2D eigenvalue weighted by Gasteiger charge is -2.18. The van der Waals surface area contributed by atoms with Gasteiger partial charge in [0.2, 0.25) is 0 Å². The van der Waals surface area contributed by atoms with Gasteiger partial charge >= 0.3 is 0 Å². The second-order valence-electron chi connectivity index (χ2n) is 1.95. The Morgan fingerprint density at radius 1 is 1.11 bits per heavy atom. The van der Waals surface area contributed by atoms with Crippen molar-refractivity contribution in [2.24, 2.45) is 5.41 Å².